The van der Waals surface area contributed by atoms with Crippen LogP contribution < -0.4 is 11.1 Å². The highest BCUT2D eigenvalue weighted by Crippen LogP contribution is 2.32. The van der Waals surface area contributed by atoms with E-state index in [0.29, 0.717) is 18.3 Å². The van der Waals surface area contributed by atoms with E-state index in [1.807, 2.05) is 12.1 Å². The molecule has 1 aromatic heterocycles. The Morgan fingerprint density at radius 2 is 2.15 bits per heavy atom. The first-order valence-electron chi connectivity index (χ1n) is 7.72. The van der Waals surface area contributed by atoms with Crippen molar-refractivity contribution in [2.45, 2.75) is 57.0 Å². The number of nitrogens with two attached hydrogens (primary N) is 1. The smallest absolute Gasteiger partial charge is 0.154 e. The summed E-state index contributed by atoms with van der Waals surface area (Å²) in [7, 11) is 0. The van der Waals surface area contributed by atoms with Crippen LogP contribution in [0.15, 0.2) is 18.3 Å². The number of nitrogens with one attached hydrogen (secondary N) is 1. The Morgan fingerprint density at radius 3 is 3.00 bits per heavy atom. The van der Waals surface area contributed by atoms with Crippen LogP contribution in [0, 0.1) is 5.92 Å². The average molecular weight is 273 g/mol. The average Bonchev–Trinajstić information content (AvgIpc) is 2.49. The first kappa shape index (κ1) is 13.6. The molecule has 0 amide bonds. The van der Waals surface area contributed by atoms with E-state index < -0.39 is 0 Å². The highest BCUT2D eigenvalue weighted by Gasteiger charge is 2.34. The second-order valence-corrected chi connectivity index (χ2v) is 6.14. The number of ketones is 1. The molecular weight excluding hydrogens is 250 g/mol. The molecule has 2 fully saturated rings. The summed E-state index contributed by atoms with van der Waals surface area (Å²) >= 11 is 0. The first-order valence-corrected chi connectivity index (χ1v) is 7.72. The molecule has 0 spiro atoms. The summed E-state index contributed by atoms with van der Waals surface area (Å²) < 4.78 is 0. The SMILES string of the molecule is Nc1ncccc1CC(=O)C1CCC2CCCCC2N1. The molecule has 20 heavy (non-hydrogen) atoms. The Labute approximate surface area is 120 Å². The van der Waals surface area contributed by atoms with Gasteiger partial charge < -0.3 is 11.1 Å². The molecule has 2 aliphatic rings. The van der Waals surface area contributed by atoms with Gasteiger partial charge in [0.2, 0.25) is 0 Å². The van der Waals surface area contributed by atoms with Gasteiger partial charge in [-0.1, -0.05) is 18.9 Å². The van der Waals surface area contributed by atoms with Gasteiger partial charge in [0, 0.05) is 24.2 Å². The highest BCUT2D eigenvalue weighted by molar-refractivity contribution is 5.87. The molecule has 3 atom stereocenters. The van der Waals surface area contributed by atoms with Crippen LogP contribution in [0.25, 0.3) is 0 Å². The predicted octanol–water partition coefficient (Wildman–Crippen LogP) is 2.09. The summed E-state index contributed by atoms with van der Waals surface area (Å²) in [4.78, 5) is 16.5. The van der Waals surface area contributed by atoms with E-state index in [1.54, 1.807) is 6.20 Å². The Balaban J connectivity index is 1.62. The van der Waals surface area contributed by atoms with E-state index in [4.69, 9.17) is 5.73 Å². The van der Waals surface area contributed by atoms with E-state index >= 15 is 0 Å². The fraction of sp³-hybridized carbons (Fsp3) is 0.625. The fourth-order valence-corrected chi connectivity index (χ4v) is 3.66. The third-order valence-corrected chi connectivity index (χ3v) is 4.83. The fourth-order valence-electron chi connectivity index (χ4n) is 3.66. The second kappa shape index (κ2) is 5.92. The molecule has 1 aliphatic carbocycles. The van der Waals surface area contributed by atoms with Crippen LogP contribution in [-0.4, -0.2) is 22.9 Å². The first-order chi connectivity index (χ1) is 9.74. The van der Waals surface area contributed by atoms with E-state index in [0.717, 1.165) is 17.9 Å². The molecule has 1 saturated carbocycles. The van der Waals surface area contributed by atoms with E-state index in [2.05, 4.69) is 10.3 Å². The minimum Gasteiger partial charge on any atom is -0.383 e. The maximum absolute atomic E-state index is 12.4. The second-order valence-electron chi connectivity index (χ2n) is 6.14. The van der Waals surface area contributed by atoms with Crippen molar-refractivity contribution in [1.82, 2.24) is 10.3 Å². The summed E-state index contributed by atoms with van der Waals surface area (Å²) in [6.45, 7) is 0. The summed E-state index contributed by atoms with van der Waals surface area (Å²) in [6.07, 6.45) is 9.43. The number of rotatable bonds is 3. The van der Waals surface area contributed by atoms with Crippen molar-refractivity contribution in [3.8, 4) is 0 Å². The van der Waals surface area contributed by atoms with E-state index in [9.17, 15) is 4.79 Å². The number of piperidine rings is 1. The molecule has 108 valence electrons. The summed E-state index contributed by atoms with van der Waals surface area (Å²) in [5.41, 5.74) is 6.67. The Hall–Kier alpha value is -1.42. The lowest BCUT2D eigenvalue weighted by Crippen LogP contribution is -2.52. The maximum Gasteiger partial charge on any atom is 0.154 e. The van der Waals surface area contributed by atoms with Crippen LogP contribution in [0.4, 0.5) is 5.82 Å². The van der Waals surface area contributed by atoms with Gasteiger partial charge >= 0.3 is 0 Å². The third-order valence-electron chi connectivity index (χ3n) is 4.83. The van der Waals surface area contributed by atoms with Crippen LogP contribution in [0.1, 0.15) is 44.1 Å². The third kappa shape index (κ3) is 2.85. The van der Waals surface area contributed by atoms with Crippen molar-refractivity contribution in [2.24, 2.45) is 5.92 Å². The van der Waals surface area contributed by atoms with Gasteiger partial charge in [-0.2, -0.15) is 0 Å². The normalized spacial score (nSPS) is 29.7. The molecular formula is C16H23N3O. The van der Waals surface area contributed by atoms with E-state index in [-0.39, 0.29) is 11.8 Å². The molecule has 0 radical (unpaired) electrons. The van der Waals surface area contributed by atoms with Gasteiger partial charge in [0.25, 0.3) is 0 Å². The van der Waals surface area contributed by atoms with Crippen LogP contribution in [0.3, 0.4) is 0 Å². The van der Waals surface area contributed by atoms with Crippen molar-refractivity contribution in [3.05, 3.63) is 23.9 Å². The molecule has 1 aliphatic heterocycles. The van der Waals surface area contributed by atoms with Gasteiger partial charge in [0.15, 0.2) is 5.78 Å². The molecule has 1 saturated heterocycles. The molecule has 4 nitrogen and oxygen atoms in total. The number of nitrogens with zero attached hydrogens (tertiary/aromatic N) is 1. The van der Waals surface area contributed by atoms with Gasteiger partial charge in [-0.05, 0) is 37.7 Å². The van der Waals surface area contributed by atoms with Gasteiger partial charge in [0.1, 0.15) is 5.82 Å². The molecule has 3 rings (SSSR count). The standard InChI is InChI=1S/C16H23N3O/c17-16-12(5-3-9-18-16)10-15(20)14-8-7-11-4-1-2-6-13(11)19-14/h3,5,9,11,13-14,19H,1-2,4,6-8,10H2,(H2,17,18). The molecule has 0 aromatic carbocycles. The molecule has 1 aromatic rings. The lowest BCUT2D eigenvalue weighted by atomic mass is 9.77. The minimum absolute atomic E-state index is 0.00829. The Bertz CT molecular complexity index is 488. The van der Waals surface area contributed by atoms with Gasteiger partial charge in [-0.15, -0.1) is 0 Å². The van der Waals surface area contributed by atoms with Crippen molar-refractivity contribution in [2.75, 3.05) is 5.73 Å². The van der Waals surface area contributed by atoms with Crippen molar-refractivity contribution >= 4 is 11.6 Å². The number of aromatic nitrogens is 1. The number of fused-ring (bicyclic) bond motifs is 1. The van der Waals surface area contributed by atoms with Crippen molar-refractivity contribution in [3.63, 3.8) is 0 Å². The van der Waals surface area contributed by atoms with Crippen molar-refractivity contribution < 1.29 is 4.79 Å². The predicted molar refractivity (Wildman–Crippen MR) is 79.3 cm³/mol. The largest absolute Gasteiger partial charge is 0.383 e. The molecule has 3 N–H and O–H groups in total. The quantitative estimate of drug-likeness (QED) is 0.885. The highest BCUT2D eigenvalue weighted by atomic mass is 16.1. The number of carbonyl (C=O) groups is 1. The number of hydrogen-bond donors (Lipinski definition) is 2. The van der Waals surface area contributed by atoms with Gasteiger partial charge in [-0.3, -0.25) is 4.79 Å². The zero-order valence-electron chi connectivity index (χ0n) is 11.8. The molecule has 4 heteroatoms. The lowest BCUT2D eigenvalue weighted by Gasteiger charge is -2.40. The van der Waals surface area contributed by atoms with Crippen molar-refractivity contribution in [1.29, 1.82) is 0 Å². The maximum atomic E-state index is 12.4. The van der Waals surface area contributed by atoms with Crippen LogP contribution in [0.2, 0.25) is 0 Å². The lowest BCUT2D eigenvalue weighted by molar-refractivity contribution is -0.121. The summed E-state index contributed by atoms with van der Waals surface area (Å²) in [5, 5.41) is 3.58. The summed E-state index contributed by atoms with van der Waals surface area (Å²) in [5.74, 6) is 1.53. The van der Waals surface area contributed by atoms with Crippen LogP contribution >= 0.6 is 0 Å². The van der Waals surface area contributed by atoms with Crippen LogP contribution in [0.5, 0.6) is 0 Å². The molecule has 3 unspecified atom stereocenters. The minimum atomic E-state index is 0.00829. The zero-order chi connectivity index (χ0) is 13.9. The number of hydrogen-bond acceptors (Lipinski definition) is 4. The molecule has 0 bridgehead atoms. The van der Waals surface area contributed by atoms with Gasteiger partial charge in [0.05, 0.1) is 6.04 Å². The number of anilines is 1. The Morgan fingerprint density at radius 1 is 1.30 bits per heavy atom. The Kier molecular flexibility index (Phi) is 4.01. The number of carbonyl (C=O) groups excluding carboxylic acids is 1. The number of Topliss-reactive ketones (excluding diaryl/α,β-unsaturated/α-hetero) is 1. The number of pyridine rings is 1. The molecule has 2 heterocycles. The van der Waals surface area contributed by atoms with Crippen LogP contribution in [-0.2, 0) is 11.2 Å². The number of nitrogen functional groups attached to an aromatic ring is 1. The summed E-state index contributed by atoms with van der Waals surface area (Å²) in [6, 6.07) is 4.29. The zero-order valence-corrected chi connectivity index (χ0v) is 11.8. The van der Waals surface area contributed by atoms with Gasteiger partial charge in [-0.25, -0.2) is 4.98 Å². The van der Waals surface area contributed by atoms with E-state index in [1.165, 1.54) is 32.1 Å². The topological polar surface area (TPSA) is 68.0 Å². The monoisotopic (exact) mass is 273 g/mol.